The van der Waals surface area contributed by atoms with Crippen molar-refractivity contribution in [3.8, 4) is 0 Å². The van der Waals surface area contributed by atoms with Crippen LogP contribution in [0.2, 0.25) is 0 Å². The third kappa shape index (κ3) is 31.5. The van der Waals surface area contributed by atoms with Gasteiger partial charge in [-0.25, -0.2) is 0 Å². The topological polar surface area (TPSA) is 69.6 Å². The van der Waals surface area contributed by atoms with E-state index in [1.54, 1.807) is 6.08 Å². The smallest absolute Gasteiger partial charge is 0.290 e. The number of allylic oxidation sites excluding steroid dienone is 1. The zero-order chi connectivity index (χ0) is 17.7. The predicted molar refractivity (Wildman–Crippen MR) is 101 cm³/mol. The standard InChI is InChI=1S/C9H19NO.C3H6.2C2H6.CH2O2.CH4/c1-3-9(11)6-8-5-4-7(2)10-8;1-3-2;2*1-2;2-1-3;/h7-11H,3-6H2,1-2H3;3H,1H2,2H3;2*1-2H3;1H,(H,2,3);1H4. The molecule has 1 saturated heterocycles. The Kier molecular flexibility index (Phi) is 48.1. The van der Waals surface area contributed by atoms with E-state index >= 15 is 0 Å². The molecule has 0 spiro atoms. The maximum absolute atomic E-state index is 9.36. The second kappa shape index (κ2) is 32.2. The molecule has 4 heteroatoms. The summed E-state index contributed by atoms with van der Waals surface area (Å²) in [6.07, 6.45) is 5.96. The summed E-state index contributed by atoms with van der Waals surface area (Å²) in [5.41, 5.74) is 0. The van der Waals surface area contributed by atoms with Crippen molar-refractivity contribution in [3.05, 3.63) is 12.7 Å². The molecule has 3 atom stereocenters. The summed E-state index contributed by atoms with van der Waals surface area (Å²) in [7, 11) is 0. The number of hydrogen-bond acceptors (Lipinski definition) is 3. The lowest BCUT2D eigenvalue weighted by atomic mass is 10.1. The Hall–Kier alpha value is -0.870. The van der Waals surface area contributed by atoms with Crippen LogP contribution in [0.1, 0.15) is 81.6 Å². The average molecular weight is 322 g/mol. The van der Waals surface area contributed by atoms with Gasteiger partial charge in [-0.2, -0.15) is 0 Å². The largest absolute Gasteiger partial charge is 0.483 e. The molecule has 1 aliphatic rings. The summed E-state index contributed by atoms with van der Waals surface area (Å²) in [6.45, 7) is 17.2. The molecule has 1 aliphatic heterocycles. The van der Waals surface area contributed by atoms with E-state index in [0.717, 1.165) is 12.8 Å². The van der Waals surface area contributed by atoms with Crippen LogP contribution in [0.3, 0.4) is 0 Å². The van der Waals surface area contributed by atoms with Crippen molar-refractivity contribution >= 4 is 6.47 Å². The van der Waals surface area contributed by atoms with Crippen LogP contribution in [-0.2, 0) is 4.79 Å². The van der Waals surface area contributed by atoms with Gasteiger partial charge in [-0.15, -0.1) is 6.58 Å². The van der Waals surface area contributed by atoms with Crippen molar-refractivity contribution in [2.75, 3.05) is 0 Å². The van der Waals surface area contributed by atoms with E-state index in [1.807, 2.05) is 41.5 Å². The summed E-state index contributed by atoms with van der Waals surface area (Å²) < 4.78 is 0. The van der Waals surface area contributed by atoms with E-state index < -0.39 is 0 Å². The Morgan fingerprint density at radius 2 is 1.64 bits per heavy atom. The molecule has 1 fully saturated rings. The maximum atomic E-state index is 9.36. The Bertz CT molecular complexity index is 181. The fourth-order valence-electron chi connectivity index (χ4n) is 1.70. The zero-order valence-electron chi connectivity index (χ0n) is 15.2. The first-order chi connectivity index (χ1) is 10.0. The van der Waals surface area contributed by atoms with Gasteiger partial charge >= 0.3 is 0 Å². The fraction of sp³-hybridized carbons (Fsp3) is 0.833. The first-order valence-corrected chi connectivity index (χ1v) is 8.14. The molecule has 22 heavy (non-hydrogen) atoms. The number of nitrogens with one attached hydrogen (secondary N) is 1. The third-order valence-corrected chi connectivity index (χ3v) is 2.50. The minimum absolute atomic E-state index is 0. The molecule has 0 aliphatic carbocycles. The number of aliphatic hydroxyl groups is 1. The third-order valence-electron chi connectivity index (χ3n) is 2.50. The lowest BCUT2D eigenvalue weighted by Crippen LogP contribution is -2.30. The van der Waals surface area contributed by atoms with Gasteiger partial charge in [-0.1, -0.05) is 48.1 Å². The van der Waals surface area contributed by atoms with Crippen molar-refractivity contribution < 1.29 is 15.0 Å². The van der Waals surface area contributed by atoms with Crippen molar-refractivity contribution in [3.63, 3.8) is 0 Å². The number of carboxylic acid groups (broad SMARTS) is 1. The molecule has 1 rings (SSSR count). The first-order valence-electron chi connectivity index (χ1n) is 8.14. The minimum atomic E-state index is -0.250. The highest BCUT2D eigenvalue weighted by atomic mass is 16.3. The molecule has 0 aromatic heterocycles. The highest BCUT2D eigenvalue weighted by Gasteiger charge is 2.21. The van der Waals surface area contributed by atoms with E-state index in [9.17, 15) is 5.11 Å². The minimum Gasteiger partial charge on any atom is -0.483 e. The van der Waals surface area contributed by atoms with Gasteiger partial charge in [0.15, 0.2) is 0 Å². The van der Waals surface area contributed by atoms with E-state index in [0.29, 0.717) is 12.1 Å². The van der Waals surface area contributed by atoms with Gasteiger partial charge in [0.1, 0.15) is 0 Å². The van der Waals surface area contributed by atoms with E-state index in [2.05, 4.69) is 18.8 Å². The van der Waals surface area contributed by atoms with Crippen LogP contribution < -0.4 is 5.32 Å². The van der Waals surface area contributed by atoms with Crippen molar-refractivity contribution in [1.29, 1.82) is 0 Å². The molecule has 0 aromatic carbocycles. The van der Waals surface area contributed by atoms with Gasteiger partial charge in [0.05, 0.1) is 6.10 Å². The lowest BCUT2D eigenvalue weighted by molar-refractivity contribution is -0.122. The SMILES string of the molecule is C.C=CC.CC.CC.CCC(O)CC1CCC(C)N1.O=CO. The van der Waals surface area contributed by atoms with E-state index in [1.165, 1.54) is 12.8 Å². The van der Waals surface area contributed by atoms with Crippen LogP contribution >= 0.6 is 0 Å². The summed E-state index contributed by atoms with van der Waals surface area (Å²) in [5.74, 6) is 0. The number of rotatable bonds is 3. The highest BCUT2D eigenvalue weighted by molar-refractivity contribution is 5.32. The molecular weight excluding hydrogens is 278 g/mol. The van der Waals surface area contributed by atoms with Gasteiger partial charge in [-0.05, 0) is 39.5 Å². The molecule has 3 unspecified atom stereocenters. The summed E-state index contributed by atoms with van der Waals surface area (Å²) >= 11 is 0. The maximum Gasteiger partial charge on any atom is 0.290 e. The molecule has 1 heterocycles. The van der Waals surface area contributed by atoms with Crippen LogP contribution in [0.4, 0.5) is 0 Å². The molecule has 0 bridgehead atoms. The lowest BCUT2D eigenvalue weighted by Gasteiger charge is -2.14. The summed E-state index contributed by atoms with van der Waals surface area (Å²) in [5, 5.41) is 19.7. The van der Waals surface area contributed by atoms with Gasteiger partial charge in [0.2, 0.25) is 0 Å². The van der Waals surface area contributed by atoms with Crippen LogP contribution in [0.15, 0.2) is 12.7 Å². The van der Waals surface area contributed by atoms with Crippen LogP contribution in [-0.4, -0.2) is 34.9 Å². The number of hydrogen-bond donors (Lipinski definition) is 3. The Labute approximate surface area is 140 Å². The molecule has 4 nitrogen and oxygen atoms in total. The number of aliphatic hydroxyl groups excluding tert-OH is 1. The molecule has 0 aromatic rings. The van der Waals surface area contributed by atoms with Crippen molar-refractivity contribution in [1.82, 2.24) is 5.32 Å². The monoisotopic (exact) mass is 321 g/mol. The second-order valence-electron chi connectivity index (χ2n) is 4.15. The molecular formula is C18H43NO3. The molecule has 0 radical (unpaired) electrons. The molecule has 3 N–H and O–H groups in total. The highest BCUT2D eigenvalue weighted by Crippen LogP contribution is 2.16. The van der Waals surface area contributed by atoms with Gasteiger partial charge in [0, 0.05) is 12.1 Å². The van der Waals surface area contributed by atoms with Crippen molar-refractivity contribution in [2.45, 2.75) is 99.8 Å². The van der Waals surface area contributed by atoms with E-state index in [-0.39, 0.29) is 20.0 Å². The van der Waals surface area contributed by atoms with Crippen LogP contribution in [0, 0.1) is 0 Å². The summed E-state index contributed by atoms with van der Waals surface area (Å²) in [4.78, 5) is 8.36. The quantitative estimate of drug-likeness (QED) is 0.512. The first kappa shape index (κ1) is 32.9. The van der Waals surface area contributed by atoms with Crippen LogP contribution in [0.25, 0.3) is 0 Å². The fourth-order valence-corrected chi connectivity index (χ4v) is 1.70. The molecule has 0 amide bonds. The second-order valence-corrected chi connectivity index (χ2v) is 4.15. The summed E-state index contributed by atoms with van der Waals surface area (Å²) in [6, 6.07) is 1.23. The molecule has 138 valence electrons. The zero-order valence-corrected chi connectivity index (χ0v) is 15.2. The Morgan fingerprint density at radius 1 is 1.27 bits per heavy atom. The Balaban J connectivity index is -0.0000000743. The normalized spacial score (nSPS) is 18.7. The van der Waals surface area contributed by atoms with Crippen LogP contribution in [0.5, 0.6) is 0 Å². The van der Waals surface area contributed by atoms with Gasteiger partial charge in [-0.3, -0.25) is 4.79 Å². The van der Waals surface area contributed by atoms with E-state index in [4.69, 9.17) is 9.90 Å². The predicted octanol–water partition coefficient (Wildman–Crippen LogP) is 4.87. The van der Waals surface area contributed by atoms with Gasteiger partial charge < -0.3 is 15.5 Å². The van der Waals surface area contributed by atoms with Gasteiger partial charge in [0.25, 0.3) is 6.47 Å². The Morgan fingerprint density at radius 3 is 1.86 bits per heavy atom. The number of carbonyl (C=O) groups is 1. The average Bonchev–Trinajstić information content (AvgIpc) is 2.90. The van der Waals surface area contributed by atoms with Crippen molar-refractivity contribution in [2.24, 2.45) is 0 Å². The molecule has 0 saturated carbocycles.